The molecule has 600 valence electrons. The minimum Gasteiger partial charge on any atom is -1.00 e. The summed E-state index contributed by atoms with van der Waals surface area (Å²) < 4.78 is 14.3. The number of rotatable bonds is 18. The van der Waals surface area contributed by atoms with Gasteiger partial charge in [-0.2, -0.15) is 0 Å². The maximum absolute atomic E-state index is 12.3. The predicted molar refractivity (Wildman–Crippen MR) is 416 cm³/mol. The van der Waals surface area contributed by atoms with Crippen molar-refractivity contribution >= 4 is 84.4 Å². The molecule has 4 heterocycles. The van der Waals surface area contributed by atoms with E-state index in [-0.39, 0.29) is 229 Å². The number of nitrogens with two attached hydrogens (primary N) is 2. The second kappa shape index (κ2) is 58.7. The van der Waals surface area contributed by atoms with Crippen molar-refractivity contribution in [2.45, 2.75) is 218 Å². The molecule has 2 radical (unpaired) electrons. The zero-order chi connectivity index (χ0) is 78.6. The van der Waals surface area contributed by atoms with Crippen molar-refractivity contribution in [2.24, 2.45) is 74.0 Å². The van der Waals surface area contributed by atoms with Crippen LogP contribution < -0.4 is 160 Å². The third-order valence-corrected chi connectivity index (χ3v) is 21.6. The minimum atomic E-state index is -0.414. The number of likely N-dealkylation sites (tertiary alicyclic amines) is 2. The molecule has 0 atom stereocenters. The van der Waals surface area contributed by atoms with Gasteiger partial charge in [0, 0.05) is 26.4 Å². The third kappa shape index (κ3) is 37.6. The van der Waals surface area contributed by atoms with Crippen molar-refractivity contribution in [2.75, 3.05) is 64.4 Å². The van der Waals surface area contributed by atoms with Gasteiger partial charge in [-0.1, -0.05) is 156 Å². The number of oxime groups is 1. The number of hydroxylamine groups is 2. The summed E-state index contributed by atoms with van der Waals surface area (Å²) in [6.07, 6.45) is 22.1. The van der Waals surface area contributed by atoms with Crippen molar-refractivity contribution in [1.29, 1.82) is 0 Å². The summed E-state index contributed by atoms with van der Waals surface area (Å²) in [6.45, 7) is 27.5. The minimum absolute atomic E-state index is 0. The van der Waals surface area contributed by atoms with Crippen molar-refractivity contribution in [3.8, 4) is 0 Å². The van der Waals surface area contributed by atoms with Gasteiger partial charge in [0.1, 0.15) is 25.1 Å². The van der Waals surface area contributed by atoms with E-state index in [0.29, 0.717) is 50.9 Å². The van der Waals surface area contributed by atoms with E-state index in [1.807, 2.05) is 97.9 Å². The molecule has 4 aliphatic heterocycles. The van der Waals surface area contributed by atoms with Crippen LogP contribution in [0.1, 0.15) is 209 Å². The number of primary amides is 1. The van der Waals surface area contributed by atoms with E-state index in [2.05, 4.69) is 90.0 Å². The maximum Gasteiger partial charge on any atom is 1.00 e. The number of ether oxygens (including phenoxy) is 3. The zero-order valence-electron chi connectivity index (χ0n) is 67.6. The second-order valence-corrected chi connectivity index (χ2v) is 29.8. The van der Waals surface area contributed by atoms with Crippen LogP contribution in [0.25, 0.3) is 0 Å². The molecule has 5 saturated carbocycles. The Balaban J connectivity index is 0. The number of carbonyl (C=O) groups excluding carboxylic acids is 9. The van der Waals surface area contributed by atoms with Crippen molar-refractivity contribution in [3.05, 3.63) is 108 Å². The topological polar surface area (TPSA) is 327 Å². The zero-order valence-corrected chi connectivity index (χ0v) is 80.7. The summed E-state index contributed by atoms with van der Waals surface area (Å²) in [4.78, 5) is 120. The van der Waals surface area contributed by atoms with Gasteiger partial charge in [-0.3, -0.25) is 52.8 Å². The number of nitrogens with one attached hydrogen (secondary N) is 1. The van der Waals surface area contributed by atoms with Crippen molar-refractivity contribution in [1.82, 2.24) is 20.2 Å². The maximum atomic E-state index is 12.3. The first-order chi connectivity index (χ1) is 50.9. The van der Waals surface area contributed by atoms with E-state index < -0.39 is 5.91 Å². The van der Waals surface area contributed by atoms with Crippen LogP contribution in [0.2, 0.25) is 6.82 Å². The fraction of sp³-hybridized carbons (Fsp3) is 0.654. The molecule has 5 aliphatic carbocycles. The molecule has 28 heteroatoms. The second-order valence-electron chi connectivity index (χ2n) is 29.3. The molecule has 5 amide bonds. The molecule has 0 bridgehead atoms. The van der Waals surface area contributed by atoms with E-state index in [4.69, 9.17) is 40.8 Å². The molecule has 0 aromatic heterocycles. The summed E-state index contributed by atoms with van der Waals surface area (Å²) in [6, 6.07) is 29.6. The number of nitrogens with zero attached hydrogens (tertiary/aromatic N) is 4. The van der Waals surface area contributed by atoms with E-state index in [1.54, 1.807) is 28.7 Å². The summed E-state index contributed by atoms with van der Waals surface area (Å²) in [5.74, 6) is 8.89. The largest absolute Gasteiger partial charge is 1.00 e. The van der Waals surface area contributed by atoms with Crippen LogP contribution in [0.3, 0.4) is 0 Å². The van der Waals surface area contributed by atoms with Gasteiger partial charge in [0.05, 0.1) is 74.9 Å². The van der Waals surface area contributed by atoms with Crippen molar-refractivity contribution in [3.63, 3.8) is 0 Å². The molecule has 0 unspecified atom stereocenters. The molecule has 4 saturated heterocycles. The van der Waals surface area contributed by atoms with E-state index in [0.717, 1.165) is 162 Å². The molecule has 3 aromatic carbocycles. The molecular formula is C81H127BBrCs2N7O17. The van der Waals surface area contributed by atoms with Crippen LogP contribution >= 0.6 is 15.9 Å². The SMILES string of the molecule is C.C=NOCc1ccccc1.CC1CCC2(CC1)CN(CC(N)=O)C2=O.CC1CCC2(CC1)CN(OCc1ccccc1)C2=O.CC1CCC2(CC1)CNC2=O.CCOC(=O)C1CCC(C)CC1.CCOC(=O)CBr.CCOC(=O)CN1CC2(CCC(C)CC2)C1=O.NOCc1ccccc1.O=CO[O-].[B]C.[Cs+].[Cs+].[H-]. The number of hydrogen-bond acceptors (Lipinski definition) is 19. The van der Waals surface area contributed by atoms with Gasteiger partial charge in [0.25, 0.3) is 12.4 Å². The Morgan fingerprint density at radius 1 is 0.569 bits per heavy atom. The summed E-state index contributed by atoms with van der Waals surface area (Å²) in [5.41, 5.74) is 8.14. The van der Waals surface area contributed by atoms with E-state index in [1.165, 1.54) is 45.3 Å². The van der Waals surface area contributed by atoms with Crippen LogP contribution in [-0.4, -0.2) is 148 Å². The van der Waals surface area contributed by atoms with Gasteiger partial charge in [-0.05, 0) is 195 Å². The average molecular weight is 1830 g/mol. The standard InChI is InChI=1S/C16H21NO2.C13H21NO3.C11H18N2O2.C10H18O2.C9H15NO.C8H9NO.C7H9NO.C4H7BrO2.CH3B.CH2O3.CH4.2Cs.H/c1-13-7-9-16(10-8-13)12-17(15(16)18)19-11-14-5-3-2-4-6-14;1-3-17-11(15)8-14-9-13(12(14)16)6-4-10(2)5-7-13;1-8-2-4-11(5-3-8)7-13(10(11)15)6-9(12)14;1-3-12-10(11)9-6-4-8(2)5-7-9;1-7-2-4-9(5-3-7)6-10-8(9)11;1-9-10-7-8-5-3-2-4-6-8;8-9-6-7-4-2-1-3-5-7;1-2-7-4(6)3-5;1-2;2-1-4-3;;;;/h2-6,13H,7-12H2,1H3;10H,3-9H2,1-2H3;8H,2-7H2,1H3,(H2,12,14);8-9H,3-7H2,1-2H3;7H,2-6H2,1H3,(H,10,11);2-6H,1,7H2;1-5H,6,8H2;2-3H2,1H3;1H3;1,3H;1H4;;;/q;;;;;;;;;;;2*+1;-1/p-1. The molecule has 24 nitrogen and oxygen atoms in total. The molecule has 12 rings (SSSR count). The molecule has 4 spiro atoms. The molecule has 109 heavy (non-hydrogen) atoms. The first-order valence-corrected chi connectivity index (χ1v) is 38.9. The Kier molecular flexibility index (Phi) is 57.0. The van der Waals surface area contributed by atoms with Crippen LogP contribution in [0.5, 0.6) is 0 Å². The fourth-order valence-electron chi connectivity index (χ4n) is 14.2. The first-order valence-electron chi connectivity index (χ1n) is 37.8. The normalized spacial score (nSPS) is 25.3. The smallest absolute Gasteiger partial charge is 1.00 e. The molecule has 3 aromatic rings. The Bertz CT molecular complexity index is 3070. The van der Waals surface area contributed by atoms with Crippen LogP contribution in [0.4, 0.5) is 0 Å². The third-order valence-electron chi connectivity index (χ3n) is 21.1. The Labute approximate surface area is 779 Å². The Hall–Kier alpha value is -3.15. The number of benzene rings is 3. The predicted octanol–water partition coefficient (Wildman–Crippen LogP) is 6.18. The monoisotopic (exact) mass is 1830 g/mol. The fourth-order valence-corrected chi connectivity index (χ4v) is 14.4. The van der Waals surface area contributed by atoms with Crippen LogP contribution in [0, 0.1) is 57.2 Å². The summed E-state index contributed by atoms with van der Waals surface area (Å²) in [5, 5.41) is 16.4. The Morgan fingerprint density at radius 3 is 1.24 bits per heavy atom. The molecule has 9 fully saturated rings. The number of esters is 3. The van der Waals surface area contributed by atoms with Gasteiger partial charge in [0.2, 0.25) is 23.6 Å². The Morgan fingerprint density at radius 2 is 0.927 bits per heavy atom. The van der Waals surface area contributed by atoms with Gasteiger partial charge >= 0.3 is 156 Å². The van der Waals surface area contributed by atoms with Gasteiger partial charge in [0.15, 0.2) is 0 Å². The summed E-state index contributed by atoms with van der Waals surface area (Å²) in [7, 11) is 4.50. The van der Waals surface area contributed by atoms with Gasteiger partial charge in [-0.15, -0.1) is 5.16 Å². The number of alkyl halides is 1. The van der Waals surface area contributed by atoms with Crippen molar-refractivity contribution < 1.29 is 221 Å². The number of β-lactam (4-membered cyclic amide) rings is 4. The van der Waals surface area contributed by atoms with Crippen LogP contribution in [0.15, 0.2) is 96.2 Å². The first kappa shape index (κ1) is 106. The summed E-state index contributed by atoms with van der Waals surface area (Å²) >= 11 is 2.94. The van der Waals surface area contributed by atoms with Crippen LogP contribution in [-0.2, 0) is 96.6 Å². The number of carbonyl (C=O) groups is 9. The number of hydrogen-bond donors (Lipinski definition) is 3. The number of halogens is 1. The average Bonchev–Trinajstić information content (AvgIpc) is 0.762. The molecular weight excluding hydrogens is 1700 g/mol. The van der Waals surface area contributed by atoms with Gasteiger partial charge in [-0.25, -0.2) is 11.0 Å². The number of amides is 5. The van der Waals surface area contributed by atoms with E-state index in [9.17, 15) is 38.4 Å². The molecule has 9 aliphatic rings. The quantitative estimate of drug-likeness (QED) is 0.0147. The van der Waals surface area contributed by atoms with E-state index >= 15 is 0 Å². The molecule has 5 N–H and O–H groups in total. The van der Waals surface area contributed by atoms with Gasteiger partial charge < -0.3 is 51.5 Å².